The highest BCUT2D eigenvalue weighted by Gasteiger charge is 2.47. The molecule has 0 radical (unpaired) electrons. The number of amides is 2. The van der Waals surface area contributed by atoms with Gasteiger partial charge in [0.1, 0.15) is 0 Å². The van der Waals surface area contributed by atoms with E-state index in [4.69, 9.17) is 4.74 Å². The Bertz CT molecular complexity index is 912. The van der Waals surface area contributed by atoms with Crippen molar-refractivity contribution < 1.29 is 24.5 Å². The van der Waals surface area contributed by atoms with Crippen LogP contribution in [0.25, 0.3) is 0 Å². The summed E-state index contributed by atoms with van der Waals surface area (Å²) >= 11 is 0. The molecule has 0 spiro atoms. The van der Waals surface area contributed by atoms with Gasteiger partial charge in [-0.15, -0.1) is 0 Å². The van der Waals surface area contributed by atoms with Crippen molar-refractivity contribution in [1.29, 1.82) is 0 Å². The largest absolute Gasteiger partial charge is 0.504 e. The lowest BCUT2D eigenvalue weighted by Crippen LogP contribution is -2.57. The van der Waals surface area contributed by atoms with Crippen LogP contribution in [0, 0.1) is 5.92 Å². The molecule has 2 aromatic carbocycles. The van der Waals surface area contributed by atoms with Crippen LogP contribution in [0.15, 0.2) is 42.5 Å². The number of methoxy groups -OCH3 is 1. The highest BCUT2D eigenvalue weighted by molar-refractivity contribution is 5.83. The van der Waals surface area contributed by atoms with E-state index in [1.165, 1.54) is 18.1 Å². The molecule has 0 saturated carbocycles. The van der Waals surface area contributed by atoms with Gasteiger partial charge in [0, 0.05) is 13.1 Å². The number of ether oxygens (including phenoxy) is 1. The van der Waals surface area contributed by atoms with Gasteiger partial charge < -0.3 is 20.3 Å². The summed E-state index contributed by atoms with van der Waals surface area (Å²) in [5, 5.41) is 22.1. The van der Waals surface area contributed by atoms with E-state index in [1.807, 2.05) is 24.3 Å². The topological polar surface area (TPSA) is 99.1 Å². The normalized spacial score (nSPS) is 18.3. The molecule has 7 heteroatoms. The number of carbonyl (C=O) groups is 2. The van der Waals surface area contributed by atoms with E-state index in [9.17, 15) is 19.8 Å². The smallest absolute Gasteiger partial charge is 0.407 e. The first-order valence-electron chi connectivity index (χ1n) is 9.55. The number of phenols is 1. The predicted molar refractivity (Wildman–Crippen MR) is 108 cm³/mol. The third kappa shape index (κ3) is 4.13. The van der Waals surface area contributed by atoms with Crippen LogP contribution in [-0.4, -0.2) is 40.8 Å². The van der Waals surface area contributed by atoms with Gasteiger partial charge in [-0.05, 0) is 34.7 Å². The number of likely N-dealkylation sites (tertiary alicyclic amines) is 1. The van der Waals surface area contributed by atoms with Crippen LogP contribution in [0.1, 0.15) is 42.5 Å². The number of nitrogens with zero attached hydrogens (tertiary/aromatic N) is 1. The standard InChI is InChI=1S/C22H26N2O5/c1-13(2)15-6-4-5-7-16(15)20-17(12-24(20)22(27)28)21(26)23-11-14-8-9-18(25)19(10-14)29-3/h4-10,13,17,20,25H,11-12H2,1-3H3,(H,23,26)(H,27,28). The van der Waals surface area contributed by atoms with E-state index in [-0.39, 0.29) is 30.7 Å². The van der Waals surface area contributed by atoms with E-state index in [0.717, 1.165) is 16.7 Å². The van der Waals surface area contributed by atoms with Crippen LogP contribution in [0.4, 0.5) is 4.79 Å². The summed E-state index contributed by atoms with van der Waals surface area (Å²) in [6.45, 7) is 4.53. The van der Waals surface area contributed by atoms with Crippen molar-refractivity contribution in [2.24, 2.45) is 5.92 Å². The number of hydrogen-bond donors (Lipinski definition) is 3. The molecule has 2 atom stereocenters. The first kappa shape index (κ1) is 20.5. The number of carbonyl (C=O) groups excluding carboxylic acids is 1. The van der Waals surface area contributed by atoms with Gasteiger partial charge in [-0.1, -0.05) is 44.2 Å². The summed E-state index contributed by atoms with van der Waals surface area (Å²) in [4.78, 5) is 25.8. The Morgan fingerprint density at radius 3 is 2.62 bits per heavy atom. The van der Waals surface area contributed by atoms with Crippen molar-refractivity contribution >= 4 is 12.0 Å². The van der Waals surface area contributed by atoms with E-state index in [2.05, 4.69) is 19.2 Å². The predicted octanol–water partition coefficient (Wildman–Crippen LogP) is 3.49. The number of carboxylic acid groups (broad SMARTS) is 1. The molecule has 2 amide bonds. The first-order chi connectivity index (χ1) is 13.8. The lowest BCUT2D eigenvalue weighted by molar-refractivity contribution is -0.133. The molecule has 0 aliphatic carbocycles. The van der Waals surface area contributed by atoms with Gasteiger partial charge in [0.2, 0.25) is 5.91 Å². The van der Waals surface area contributed by atoms with Crippen LogP contribution >= 0.6 is 0 Å². The molecule has 0 aromatic heterocycles. The zero-order valence-corrected chi connectivity index (χ0v) is 16.8. The third-order valence-electron chi connectivity index (χ3n) is 5.34. The maximum atomic E-state index is 12.8. The Kier molecular flexibility index (Phi) is 5.96. The minimum Gasteiger partial charge on any atom is -0.504 e. The van der Waals surface area contributed by atoms with E-state index in [0.29, 0.717) is 5.75 Å². The van der Waals surface area contributed by atoms with Crippen LogP contribution in [0.3, 0.4) is 0 Å². The van der Waals surface area contributed by atoms with Crippen molar-refractivity contribution in [2.45, 2.75) is 32.4 Å². The summed E-state index contributed by atoms with van der Waals surface area (Å²) in [5.41, 5.74) is 2.70. The number of phenolic OH excluding ortho intramolecular Hbond substituents is 1. The summed E-state index contributed by atoms with van der Waals surface area (Å²) in [7, 11) is 1.46. The fourth-order valence-corrected chi connectivity index (χ4v) is 3.77. The van der Waals surface area contributed by atoms with Gasteiger partial charge in [-0.2, -0.15) is 0 Å². The molecule has 3 N–H and O–H groups in total. The van der Waals surface area contributed by atoms with E-state index < -0.39 is 18.1 Å². The summed E-state index contributed by atoms with van der Waals surface area (Å²) in [6.07, 6.45) is -1.03. The van der Waals surface area contributed by atoms with Crippen molar-refractivity contribution in [3.05, 3.63) is 59.2 Å². The summed E-state index contributed by atoms with van der Waals surface area (Å²) < 4.78 is 5.09. The summed E-state index contributed by atoms with van der Waals surface area (Å²) in [6, 6.07) is 12.1. The highest BCUT2D eigenvalue weighted by Crippen LogP contribution is 2.42. The Hall–Kier alpha value is -3.22. The average Bonchev–Trinajstić information content (AvgIpc) is 2.66. The van der Waals surface area contributed by atoms with Gasteiger partial charge in [-0.3, -0.25) is 9.69 Å². The molecule has 1 heterocycles. The highest BCUT2D eigenvalue weighted by atomic mass is 16.5. The molecule has 1 aliphatic heterocycles. The lowest BCUT2D eigenvalue weighted by atomic mass is 9.79. The van der Waals surface area contributed by atoms with Crippen LogP contribution < -0.4 is 10.1 Å². The number of nitrogens with one attached hydrogen (secondary N) is 1. The number of benzene rings is 2. The molecule has 154 valence electrons. The van der Waals surface area contributed by atoms with Crippen LogP contribution in [-0.2, 0) is 11.3 Å². The Morgan fingerprint density at radius 2 is 1.97 bits per heavy atom. The minimum atomic E-state index is -1.03. The van der Waals surface area contributed by atoms with Gasteiger partial charge in [-0.25, -0.2) is 4.79 Å². The van der Waals surface area contributed by atoms with Crippen molar-refractivity contribution in [1.82, 2.24) is 10.2 Å². The Balaban J connectivity index is 1.77. The van der Waals surface area contributed by atoms with Gasteiger partial charge in [0.15, 0.2) is 11.5 Å². The third-order valence-corrected chi connectivity index (χ3v) is 5.34. The Morgan fingerprint density at radius 1 is 1.24 bits per heavy atom. The molecule has 1 saturated heterocycles. The molecule has 29 heavy (non-hydrogen) atoms. The maximum absolute atomic E-state index is 12.8. The monoisotopic (exact) mass is 398 g/mol. The quantitative estimate of drug-likeness (QED) is 0.692. The number of hydrogen-bond acceptors (Lipinski definition) is 4. The van der Waals surface area contributed by atoms with Crippen LogP contribution in [0.2, 0.25) is 0 Å². The second-order valence-corrected chi connectivity index (χ2v) is 7.49. The average molecular weight is 398 g/mol. The molecule has 1 fully saturated rings. The minimum absolute atomic E-state index is 0.0315. The molecular formula is C22H26N2O5. The molecule has 2 unspecified atom stereocenters. The van der Waals surface area contributed by atoms with Gasteiger partial charge in [0.05, 0.1) is 19.1 Å². The molecule has 2 aromatic rings. The maximum Gasteiger partial charge on any atom is 0.407 e. The fraction of sp³-hybridized carbons (Fsp3) is 0.364. The summed E-state index contributed by atoms with van der Waals surface area (Å²) in [5.74, 6) is -0.0658. The SMILES string of the molecule is COc1cc(CNC(=O)C2CN(C(=O)O)C2c2ccccc2C(C)C)ccc1O. The van der Waals surface area contributed by atoms with Crippen molar-refractivity contribution in [2.75, 3.05) is 13.7 Å². The number of rotatable bonds is 6. The fourth-order valence-electron chi connectivity index (χ4n) is 3.77. The number of aromatic hydroxyl groups is 1. The second kappa shape index (κ2) is 8.43. The van der Waals surface area contributed by atoms with Crippen molar-refractivity contribution in [3.63, 3.8) is 0 Å². The van der Waals surface area contributed by atoms with E-state index in [1.54, 1.807) is 12.1 Å². The molecule has 7 nitrogen and oxygen atoms in total. The van der Waals surface area contributed by atoms with Crippen LogP contribution in [0.5, 0.6) is 11.5 Å². The second-order valence-electron chi connectivity index (χ2n) is 7.49. The zero-order valence-electron chi connectivity index (χ0n) is 16.8. The lowest BCUT2D eigenvalue weighted by Gasteiger charge is -2.46. The molecular weight excluding hydrogens is 372 g/mol. The van der Waals surface area contributed by atoms with Gasteiger partial charge >= 0.3 is 6.09 Å². The van der Waals surface area contributed by atoms with Gasteiger partial charge in [0.25, 0.3) is 0 Å². The van der Waals surface area contributed by atoms with Crippen molar-refractivity contribution in [3.8, 4) is 11.5 Å². The molecule has 0 bridgehead atoms. The van der Waals surface area contributed by atoms with E-state index >= 15 is 0 Å². The Labute approximate surface area is 169 Å². The molecule has 3 rings (SSSR count). The first-order valence-corrected chi connectivity index (χ1v) is 9.55. The molecule has 1 aliphatic rings. The zero-order chi connectivity index (χ0) is 21.1.